The average Bonchev–Trinajstić information content (AvgIpc) is 3.03. The molecular formula is C39H26P+. The Morgan fingerprint density at radius 2 is 0.950 bits per heavy atom. The largest absolute Gasteiger partial charge is 0.172 e. The second-order valence-electron chi connectivity index (χ2n) is 10.4. The molecule has 2 heterocycles. The quantitative estimate of drug-likeness (QED) is 0.201. The second-order valence-corrected chi connectivity index (χ2v) is 12.4. The Morgan fingerprint density at radius 1 is 0.350 bits per heavy atom. The zero-order chi connectivity index (χ0) is 26.5. The van der Waals surface area contributed by atoms with E-state index in [1.54, 1.807) is 0 Å². The molecule has 0 aliphatic heterocycles. The zero-order valence-electron chi connectivity index (χ0n) is 22.0. The summed E-state index contributed by atoms with van der Waals surface area (Å²) in [6, 6.07) is 55.9. The molecule has 0 fully saturated rings. The van der Waals surface area contributed by atoms with Gasteiger partial charge in [0.15, 0.2) is 17.8 Å². The molecule has 2 aromatic heterocycles. The van der Waals surface area contributed by atoms with Gasteiger partial charge in [0.05, 0.1) is 0 Å². The van der Waals surface area contributed by atoms with Gasteiger partial charge in [0.25, 0.3) is 0 Å². The first-order valence-corrected chi connectivity index (χ1v) is 15.2. The van der Waals surface area contributed by atoms with Crippen molar-refractivity contribution in [3.8, 4) is 33.1 Å². The van der Waals surface area contributed by atoms with Gasteiger partial charge in [0, 0.05) is 16.5 Å². The third-order valence-corrected chi connectivity index (χ3v) is 10.4. The van der Waals surface area contributed by atoms with Crippen molar-refractivity contribution in [3.05, 3.63) is 157 Å². The Bertz CT molecular complexity index is 2210. The summed E-state index contributed by atoms with van der Waals surface area (Å²) in [6.07, 6.45) is 0. The van der Waals surface area contributed by atoms with E-state index in [-0.39, 0.29) is 0 Å². The molecule has 0 amide bonds. The predicted molar refractivity (Wildman–Crippen MR) is 175 cm³/mol. The molecule has 1 unspecified atom stereocenters. The number of hydrogen-bond donors (Lipinski definition) is 0. The smallest absolute Gasteiger partial charge is 0.0622 e. The molecule has 0 aliphatic rings. The molecule has 0 N–H and O–H groups in total. The van der Waals surface area contributed by atoms with Crippen molar-refractivity contribution >= 4 is 44.8 Å². The Morgan fingerprint density at radius 3 is 1.70 bits per heavy atom. The second kappa shape index (κ2) is 9.45. The molecule has 1 atom stereocenters. The van der Waals surface area contributed by atoms with E-state index in [4.69, 9.17) is 0 Å². The van der Waals surface area contributed by atoms with Crippen molar-refractivity contribution in [2.24, 2.45) is 0 Å². The molecule has 8 rings (SSSR count). The lowest BCUT2D eigenvalue weighted by Crippen LogP contribution is -1.89. The molecule has 0 saturated heterocycles. The number of fused-ring (bicyclic) bond motifs is 4. The van der Waals surface area contributed by atoms with Gasteiger partial charge >= 0.3 is 0 Å². The maximum atomic E-state index is 2.44. The number of hydrogen-bond acceptors (Lipinski definition) is 0. The van der Waals surface area contributed by atoms with E-state index in [0.717, 1.165) is 0 Å². The first-order chi connectivity index (χ1) is 19.8. The fraction of sp³-hybridized carbons (Fsp3) is 0. The molecule has 6 aromatic carbocycles. The molecule has 186 valence electrons. The van der Waals surface area contributed by atoms with E-state index in [1.807, 2.05) is 0 Å². The van der Waals surface area contributed by atoms with Gasteiger partial charge in [-0.15, -0.1) is 0 Å². The molecule has 0 radical (unpaired) electrons. The Labute approximate surface area is 234 Å². The minimum absolute atomic E-state index is 0.686. The van der Waals surface area contributed by atoms with Crippen LogP contribution in [0.1, 0.15) is 0 Å². The van der Waals surface area contributed by atoms with E-state index in [0.29, 0.717) is 0 Å². The van der Waals surface area contributed by atoms with Crippen molar-refractivity contribution < 1.29 is 0 Å². The molecule has 40 heavy (non-hydrogen) atoms. The summed E-state index contributed by atoms with van der Waals surface area (Å²) < 4.78 is 0. The highest BCUT2D eigenvalue weighted by Gasteiger charge is 2.25. The monoisotopic (exact) mass is 525 g/mol. The summed E-state index contributed by atoms with van der Waals surface area (Å²) in [7, 11) is -0.686. The van der Waals surface area contributed by atoms with Gasteiger partial charge in [-0.05, 0) is 80.0 Å². The molecule has 1 heteroatoms. The highest BCUT2D eigenvalue weighted by molar-refractivity contribution is 7.54. The van der Waals surface area contributed by atoms with Crippen LogP contribution in [0.2, 0.25) is 0 Å². The summed E-state index contributed by atoms with van der Waals surface area (Å²) >= 11 is 0. The Kier molecular flexibility index (Phi) is 5.47. The van der Waals surface area contributed by atoms with Crippen molar-refractivity contribution in [3.63, 3.8) is 0 Å². The summed E-state index contributed by atoms with van der Waals surface area (Å²) in [5.41, 5.74) is 6.46. The lowest BCUT2D eigenvalue weighted by atomic mass is 9.93. The lowest BCUT2D eigenvalue weighted by molar-refractivity contribution is 1.65. The van der Waals surface area contributed by atoms with E-state index in [2.05, 4.69) is 157 Å². The van der Waals surface area contributed by atoms with Gasteiger partial charge in [-0.2, -0.15) is 0 Å². The fourth-order valence-electron chi connectivity index (χ4n) is 6.16. The molecular weight excluding hydrogens is 499 g/mol. The van der Waals surface area contributed by atoms with E-state index < -0.39 is 7.34 Å². The standard InChI is InChI=1S/C39H26P/c1-2-10-27(11-3-1)32-21-22-35-36(26-32)39(34-20-18-29-13-5-7-15-31(29)25-34)40-23-9-8-16-37(40)38(35)33-19-17-28-12-4-6-14-30(28)24-33/h1-26H/q+1. The van der Waals surface area contributed by atoms with Crippen LogP contribution in [0.4, 0.5) is 0 Å². The third-order valence-electron chi connectivity index (χ3n) is 8.07. The normalized spacial score (nSPS) is 11.9. The minimum Gasteiger partial charge on any atom is -0.0622 e. The Hall–Kier alpha value is -4.77. The topological polar surface area (TPSA) is 0 Å². The summed E-state index contributed by atoms with van der Waals surface area (Å²) in [5.74, 6) is 2.44. The van der Waals surface area contributed by atoms with Crippen LogP contribution in [0.25, 0.3) is 70.5 Å². The first-order valence-electron chi connectivity index (χ1n) is 13.8. The molecule has 0 nitrogen and oxygen atoms in total. The van der Waals surface area contributed by atoms with Gasteiger partial charge in [-0.1, -0.05) is 115 Å². The van der Waals surface area contributed by atoms with Gasteiger partial charge < -0.3 is 0 Å². The number of benzene rings is 6. The van der Waals surface area contributed by atoms with E-state index in [9.17, 15) is 0 Å². The maximum absolute atomic E-state index is 2.44. The zero-order valence-corrected chi connectivity index (χ0v) is 22.9. The van der Waals surface area contributed by atoms with Crippen molar-refractivity contribution in [1.29, 1.82) is 0 Å². The maximum Gasteiger partial charge on any atom is 0.172 e. The number of rotatable bonds is 3. The van der Waals surface area contributed by atoms with Crippen LogP contribution in [0.5, 0.6) is 0 Å². The molecule has 0 saturated carbocycles. The van der Waals surface area contributed by atoms with Crippen LogP contribution >= 0.6 is 7.34 Å². The predicted octanol–water partition coefficient (Wildman–Crippen LogP) is 11.9. The van der Waals surface area contributed by atoms with Gasteiger partial charge in [0.1, 0.15) is 5.80 Å². The van der Waals surface area contributed by atoms with Crippen molar-refractivity contribution in [2.45, 2.75) is 0 Å². The highest BCUT2D eigenvalue weighted by Crippen LogP contribution is 2.53. The Balaban J connectivity index is 1.51. The van der Waals surface area contributed by atoms with Crippen LogP contribution in [0.15, 0.2) is 157 Å². The summed E-state index contributed by atoms with van der Waals surface area (Å²) in [5, 5.41) is 10.6. The van der Waals surface area contributed by atoms with Crippen LogP contribution in [-0.4, -0.2) is 0 Å². The average molecular weight is 526 g/mol. The van der Waals surface area contributed by atoms with E-state index in [1.165, 1.54) is 70.5 Å². The summed E-state index contributed by atoms with van der Waals surface area (Å²) in [4.78, 5) is 0. The molecule has 8 aromatic rings. The minimum atomic E-state index is -0.686. The molecule has 0 aliphatic carbocycles. The van der Waals surface area contributed by atoms with Gasteiger partial charge in [-0.3, -0.25) is 0 Å². The van der Waals surface area contributed by atoms with Crippen molar-refractivity contribution in [1.82, 2.24) is 0 Å². The van der Waals surface area contributed by atoms with E-state index >= 15 is 0 Å². The first kappa shape index (κ1) is 23.1. The highest BCUT2D eigenvalue weighted by atomic mass is 31.1. The lowest BCUT2D eigenvalue weighted by Gasteiger charge is -2.14. The fourth-order valence-corrected chi connectivity index (χ4v) is 8.58. The molecule has 0 bridgehead atoms. The van der Waals surface area contributed by atoms with Crippen LogP contribution in [0, 0.1) is 0 Å². The SMILES string of the molecule is c1ccc(-c2ccc3c(-c4ccc5ccccc5c4)c4cccc[p+]4c(-c4ccc5ccccc5c4)c3c2)cc1. The van der Waals surface area contributed by atoms with Gasteiger partial charge in [-0.25, -0.2) is 0 Å². The van der Waals surface area contributed by atoms with Crippen LogP contribution in [0.3, 0.4) is 0 Å². The van der Waals surface area contributed by atoms with Gasteiger partial charge in [0.2, 0.25) is 0 Å². The van der Waals surface area contributed by atoms with Crippen molar-refractivity contribution in [2.75, 3.05) is 0 Å². The third kappa shape index (κ3) is 3.81. The summed E-state index contributed by atoms with van der Waals surface area (Å²) in [6.45, 7) is 0. The van der Waals surface area contributed by atoms with Crippen LogP contribution in [-0.2, 0) is 0 Å². The van der Waals surface area contributed by atoms with Crippen LogP contribution < -0.4 is 0 Å². The molecule has 0 spiro atoms.